The number of nitro groups is 1. The molecule has 17 heteroatoms. The van der Waals surface area contributed by atoms with Crippen LogP contribution in [0.15, 0.2) is 71.6 Å². The quantitative estimate of drug-likeness (QED) is 0.261. The molecule has 0 heterocycles. The maximum absolute atomic E-state index is 12.9. The van der Waals surface area contributed by atoms with Crippen LogP contribution in [0.2, 0.25) is 0 Å². The van der Waals surface area contributed by atoms with Gasteiger partial charge >= 0.3 is 6.18 Å². The van der Waals surface area contributed by atoms with E-state index in [9.17, 15) is 44.9 Å². The fraction of sp³-hybridized carbons (Fsp3) is 0.174. The summed E-state index contributed by atoms with van der Waals surface area (Å²) < 4.78 is 96.6. The van der Waals surface area contributed by atoms with Crippen molar-refractivity contribution in [2.45, 2.75) is 11.1 Å². The van der Waals surface area contributed by atoms with Gasteiger partial charge < -0.3 is 10.1 Å². The van der Waals surface area contributed by atoms with Crippen molar-refractivity contribution in [1.29, 1.82) is 0 Å². The molecular weight excluding hydrogens is 581 g/mol. The van der Waals surface area contributed by atoms with E-state index < -0.39 is 54.8 Å². The van der Waals surface area contributed by atoms with Gasteiger partial charge in [0.1, 0.15) is 18.0 Å². The highest BCUT2D eigenvalue weighted by atomic mass is 32.2. The number of anilines is 3. The van der Waals surface area contributed by atoms with E-state index in [2.05, 4.69) is 5.32 Å². The van der Waals surface area contributed by atoms with E-state index in [1.54, 1.807) is 0 Å². The minimum absolute atomic E-state index is 0.0494. The minimum Gasteiger partial charge on any atom is -0.495 e. The fourth-order valence-electron chi connectivity index (χ4n) is 3.39. The summed E-state index contributed by atoms with van der Waals surface area (Å²) >= 11 is 0. The number of non-ortho nitro benzene ring substituents is 1. The molecule has 1 amide bonds. The Labute approximate surface area is 226 Å². The molecule has 0 radical (unpaired) electrons. The number of amides is 1. The summed E-state index contributed by atoms with van der Waals surface area (Å²) in [5.74, 6) is -0.927. The molecule has 0 bridgehead atoms. The van der Waals surface area contributed by atoms with Crippen LogP contribution in [0.25, 0.3) is 0 Å². The SMILES string of the molecule is COc1ccc([N+](=O)[O-])cc1N(CC(=O)Nc1ccc(S(=O)(=O)Nc2cccc(C(F)(F)F)c2)cc1)S(C)(=O)=O. The van der Waals surface area contributed by atoms with E-state index in [0.717, 1.165) is 48.7 Å². The smallest absolute Gasteiger partial charge is 0.416 e. The van der Waals surface area contributed by atoms with Crippen molar-refractivity contribution in [3.05, 3.63) is 82.4 Å². The van der Waals surface area contributed by atoms with Crippen LogP contribution in [0.1, 0.15) is 5.56 Å². The van der Waals surface area contributed by atoms with Gasteiger partial charge in [0.2, 0.25) is 15.9 Å². The number of sulfonamides is 2. The summed E-state index contributed by atoms with van der Waals surface area (Å²) in [5.41, 5.74) is -2.00. The zero-order chi connectivity index (χ0) is 29.9. The Morgan fingerprint density at radius 2 is 1.65 bits per heavy atom. The third-order valence-electron chi connectivity index (χ3n) is 5.22. The molecule has 0 saturated carbocycles. The van der Waals surface area contributed by atoms with Crippen LogP contribution in [0.5, 0.6) is 5.75 Å². The molecular formula is C23H21F3N4O8S2. The molecule has 0 spiro atoms. The first-order valence-electron chi connectivity index (χ1n) is 10.9. The Balaban J connectivity index is 1.78. The summed E-state index contributed by atoms with van der Waals surface area (Å²) in [5, 5.41) is 13.6. The number of rotatable bonds is 10. The molecule has 3 aromatic rings. The Morgan fingerprint density at radius 3 is 2.20 bits per heavy atom. The molecule has 0 fully saturated rings. The van der Waals surface area contributed by atoms with Crippen molar-refractivity contribution in [3.63, 3.8) is 0 Å². The molecule has 0 aromatic heterocycles. The number of nitrogens with zero attached hydrogens (tertiary/aromatic N) is 2. The molecule has 0 unspecified atom stereocenters. The number of carbonyl (C=O) groups excluding carboxylic acids is 1. The molecule has 0 saturated heterocycles. The molecule has 3 rings (SSSR count). The van der Waals surface area contributed by atoms with Gasteiger partial charge in [-0.05, 0) is 48.5 Å². The Kier molecular flexibility index (Phi) is 8.59. The zero-order valence-corrected chi connectivity index (χ0v) is 22.3. The summed E-state index contributed by atoms with van der Waals surface area (Å²) in [6.45, 7) is -0.812. The molecule has 2 N–H and O–H groups in total. The lowest BCUT2D eigenvalue weighted by molar-refractivity contribution is -0.384. The van der Waals surface area contributed by atoms with Crippen molar-refractivity contribution in [2.75, 3.05) is 34.3 Å². The largest absolute Gasteiger partial charge is 0.495 e. The van der Waals surface area contributed by atoms with Gasteiger partial charge in [0.15, 0.2) is 0 Å². The number of alkyl halides is 3. The van der Waals surface area contributed by atoms with Crippen molar-refractivity contribution in [3.8, 4) is 5.75 Å². The minimum atomic E-state index is -4.67. The van der Waals surface area contributed by atoms with E-state index in [4.69, 9.17) is 4.74 Å². The number of ether oxygens (including phenoxy) is 1. The van der Waals surface area contributed by atoms with E-state index in [0.29, 0.717) is 10.4 Å². The highest BCUT2D eigenvalue weighted by Gasteiger charge is 2.31. The lowest BCUT2D eigenvalue weighted by Crippen LogP contribution is -2.37. The third kappa shape index (κ3) is 7.38. The number of hydrogen-bond acceptors (Lipinski definition) is 8. The van der Waals surface area contributed by atoms with Crippen LogP contribution in [-0.4, -0.2) is 47.6 Å². The fourth-order valence-corrected chi connectivity index (χ4v) is 5.29. The predicted octanol–water partition coefficient (Wildman–Crippen LogP) is 3.83. The average molecular weight is 603 g/mol. The number of nitro benzene ring substituents is 1. The van der Waals surface area contributed by atoms with Gasteiger partial charge in [0.25, 0.3) is 15.7 Å². The third-order valence-corrected chi connectivity index (χ3v) is 7.74. The maximum atomic E-state index is 12.9. The van der Waals surface area contributed by atoms with Crippen LogP contribution >= 0.6 is 0 Å². The molecule has 0 atom stereocenters. The second-order valence-electron chi connectivity index (χ2n) is 8.14. The van der Waals surface area contributed by atoms with E-state index in [-0.39, 0.29) is 27.7 Å². The summed E-state index contributed by atoms with van der Waals surface area (Å²) in [6, 6.07) is 11.3. The Hall–Kier alpha value is -4.38. The summed E-state index contributed by atoms with van der Waals surface area (Å²) in [7, 11) is -7.23. The van der Waals surface area contributed by atoms with Gasteiger partial charge in [-0.25, -0.2) is 16.8 Å². The van der Waals surface area contributed by atoms with E-state index in [1.165, 1.54) is 25.3 Å². The molecule has 214 valence electrons. The van der Waals surface area contributed by atoms with Crippen LogP contribution in [0.3, 0.4) is 0 Å². The van der Waals surface area contributed by atoms with Gasteiger partial charge in [0, 0.05) is 23.5 Å². The van der Waals surface area contributed by atoms with Crippen molar-refractivity contribution in [1.82, 2.24) is 0 Å². The number of methoxy groups -OCH3 is 1. The first kappa shape index (κ1) is 30.2. The monoisotopic (exact) mass is 602 g/mol. The topological polar surface area (TPSA) is 165 Å². The van der Waals surface area contributed by atoms with Crippen molar-refractivity contribution in [2.24, 2.45) is 0 Å². The second kappa shape index (κ2) is 11.4. The van der Waals surface area contributed by atoms with E-state index >= 15 is 0 Å². The Morgan fingerprint density at radius 1 is 1.00 bits per heavy atom. The van der Waals surface area contributed by atoms with Crippen molar-refractivity contribution >= 4 is 48.7 Å². The zero-order valence-electron chi connectivity index (χ0n) is 20.7. The molecule has 40 heavy (non-hydrogen) atoms. The van der Waals surface area contributed by atoms with Crippen LogP contribution < -0.4 is 19.1 Å². The van der Waals surface area contributed by atoms with Crippen LogP contribution in [-0.2, 0) is 31.0 Å². The van der Waals surface area contributed by atoms with E-state index in [1.807, 2.05) is 4.72 Å². The summed E-state index contributed by atoms with van der Waals surface area (Å²) in [4.78, 5) is 22.8. The van der Waals surface area contributed by atoms with Gasteiger partial charge in [0.05, 0.1) is 28.7 Å². The first-order valence-corrected chi connectivity index (χ1v) is 14.2. The highest BCUT2D eigenvalue weighted by Crippen LogP contribution is 2.34. The first-order chi connectivity index (χ1) is 18.5. The summed E-state index contributed by atoms with van der Waals surface area (Å²) in [6.07, 6.45) is -3.88. The normalized spacial score (nSPS) is 11.9. The van der Waals surface area contributed by atoms with Gasteiger partial charge in [-0.2, -0.15) is 13.2 Å². The number of carbonyl (C=O) groups is 1. The number of benzene rings is 3. The van der Waals surface area contributed by atoms with Gasteiger partial charge in [-0.1, -0.05) is 6.07 Å². The molecule has 12 nitrogen and oxygen atoms in total. The maximum Gasteiger partial charge on any atom is 0.416 e. The van der Waals surface area contributed by atoms with Gasteiger partial charge in [-0.3, -0.25) is 23.9 Å². The van der Waals surface area contributed by atoms with Crippen LogP contribution in [0, 0.1) is 10.1 Å². The second-order valence-corrected chi connectivity index (χ2v) is 11.7. The number of hydrogen-bond donors (Lipinski definition) is 2. The lowest BCUT2D eigenvalue weighted by Gasteiger charge is -2.23. The van der Waals surface area contributed by atoms with Crippen LogP contribution in [0.4, 0.5) is 35.9 Å². The highest BCUT2D eigenvalue weighted by molar-refractivity contribution is 7.92. The number of nitrogens with one attached hydrogen (secondary N) is 2. The molecule has 0 aliphatic heterocycles. The van der Waals surface area contributed by atoms with Crippen molar-refractivity contribution < 1.29 is 44.5 Å². The standard InChI is InChI=1S/C23H21F3N4O8S2/c1-38-21-11-8-18(30(32)33)13-20(21)29(39(2,34)35)14-22(31)27-16-6-9-19(10-7-16)40(36,37)28-17-5-3-4-15(12-17)23(24,25)26/h3-13,28H,14H2,1-2H3,(H,27,31). The lowest BCUT2D eigenvalue weighted by atomic mass is 10.2. The Bertz CT molecular complexity index is 1650. The van der Waals surface area contributed by atoms with Gasteiger partial charge in [-0.15, -0.1) is 0 Å². The predicted molar refractivity (Wildman–Crippen MR) is 139 cm³/mol. The molecule has 3 aromatic carbocycles. The molecule has 0 aliphatic carbocycles. The molecule has 0 aliphatic rings. The average Bonchev–Trinajstić information content (AvgIpc) is 2.86. The number of halogens is 3.